The van der Waals surface area contributed by atoms with Gasteiger partial charge < -0.3 is 9.16 Å². The molecule has 2 rings (SSSR count). The minimum Gasteiger partial charge on any atom is -0.543 e. The van der Waals surface area contributed by atoms with Crippen molar-refractivity contribution in [1.29, 1.82) is 0 Å². The predicted molar refractivity (Wildman–Crippen MR) is 89.8 cm³/mol. The van der Waals surface area contributed by atoms with Gasteiger partial charge in [-0.2, -0.15) is 0 Å². The van der Waals surface area contributed by atoms with Gasteiger partial charge >= 0.3 is 0 Å². The fourth-order valence-electron chi connectivity index (χ4n) is 2.12. The van der Waals surface area contributed by atoms with Crippen molar-refractivity contribution in [2.45, 2.75) is 64.6 Å². The molecule has 0 atom stereocenters. The van der Waals surface area contributed by atoms with Gasteiger partial charge in [0.2, 0.25) is 0 Å². The van der Waals surface area contributed by atoms with E-state index in [1.54, 1.807) is 11.8 Å². The van der Waals surface area contributed by atoms with Crippen molar-refractivity contribution in [2.24, 2.45) is 0 Å². The third-order valence-electron chi connectivity index (χ3n) is 4.70. The van der Waals surface area contributed by atoms with Crippen LogP contribution in [-0.2, 0) is 0 Å². The number of thioether (sulfide) groups is 1. The van der Waals surface area contributed by atoms with Gasteiger partial charge in [-0.05, 0) is 50.0 Å². The Bertz CT molecular complexity index is 545. The Labute approximate surface area is 128 Å². The zero-order chi connectivity index (χ0) is 15.3. The van der Waals surface area contributed by atoms with Crippen LogP contribution in [0, 0.1) is 20.8 Å². The number of rotatable bonds is 2. The summed E-state index contributed by atoms with van der Waals surface area (Å²) in [5.74, 6) is 2.87. The molecule has 0 amide bonds. The van der Waals surface area contributed by atoms with Crippen LogP contribution in [-0.4, -0.2) is 14.3 Å². The van der Waals surface area contributed by atoms with Crippen LogP contribution in [0.1, 0.15) is 37.5 Å². The lowest BCUT2D eigenvalue weighted by atomic mass is 10.0. The lowest BCUT2D eigenvalue weighted by Crippen LogP contribution is -2.44. The topological polar surface area (TPSA) is 18.5 Å². The summed E-state index contributed by atoms with van der Waals surface area (Å²) >= 11 is 1.78. The van der Waals surface area contributed by atoms with Gasteiger partial charge in [-0.3, -0.25) is 0 Å². The molecule has 0 N–H and O–H groups in total. The maximum Gasteiger partial charge on any atom is 0.250 e. The van der Waals surface area contributed by atoms with E-state index in [1.807, 2.05) is 0 Å². The Kier molecular flexibility index (Phi) is 3.93. The van der Waals surface area contributed by atoms with E-state index in [0.717, 1.165) is 17.4 Å². The monoisotopic (exact) mass is 310 g/mol. The molecule has 20 heavy (non-hydrogen) atoms. The smallest absolute Gasteiger partial charge is 0.250 e. The molecule has 1 aromatic rings. The predicted octanol–water partition coefficient (Wildman–Crippen LogP) is 5.44. The molecule has 112 valence electrons. The zero-order valence-corrected chi connectivity index (χ0v) is 15.7. The molecule has 0 fully saturated rings. The highest BCUT2D eigenvalue weighted by Crippen LogP contribution is 2.48. The Morgan fingerprint density at radius 2 is 1.65 bits per heavy atom. The van der Waals surface area contributed by atoms with Crippen LogP contribution in [0.3, 0.4) is 0 Å². The molecule has 2 nitrogen and oxygen atoms in total. The molecule has 0 unspecified atom stereocenters. The van der Waals surface area contributed by atoms with Gasteiger partial charge in [0.05, 0.1) is 4.90 Å². The molecule has 1 aliphatic heterocycles. The van der Waals surface area contributed by atoms with E-state index in [2.05, 4.69) is 54.6 Å². The minimum atomic E-state index is -1.81. The van der Waals surface area contributed by atoms with Crippen LogP contribution in [0.15, 0.2) is 4.90 Å². The molecule has 1 aromatic carbocycles. The second kappa shape index (κ2) is 4.99. The Morgan fingerprint density at radius 1 is 1.05 bits per heavy atom. The first-order valence-electron chi connectivity index (χ1n) is 7.14. The number of hydrogen-bond donors (Lipinski definition) is 0. The van der Waals surface area contributed by atoms with Crippen molar-refractivity contribution < 1.29 is 9.16 Å². The number of hydrogen-bond acceptors (Lipinski definition) is 3. The summed E-state index contributed by atoms with van der Waals surface area (Å²) < 4.78 is 12.4. The van der Waals surface area contributed by atoms with Gasteiger partial charge in [-0.25, -0.2) is 0 Å². The van der Waals surface area contributed by atoms with E-state index in [1.165, 1.54) is 21.6 Å². The highest BCUT2D eigenvalue weighted by molar-refractivity contribution is 7.99. The molecule has 0 saturated carbocycles. The summed E-state index contributed by atoms with van der Waals surface area (Å²) in [6, 6.07) is 0. The van der Waals surface area contributed by atoms with Gasteiger partial charge in [0.25, 0.3) is 8.32 Å². The van der Waals surface area contributed by atoms with Gasteiger partial charge in [-0.1, -0.05) is 32.5 Å². The van der Waals surface area contributed by atoms with Crippen LogP contribution < -0.4 is 9.16 Å². The molecular formula is C16H26O2SSi. The molecular weight excluding hydrogens is 284 g/mol. The summed E-state index contributed by atoms with van der Waals surface area (Å²) in [6.07, 6.45) is 0. The second-order valence-corrected chi connectivity index (χ2v) is 12.8. The largest absolute Gasteiger partial charge is 0.543 e. The average molecular weight is 311 g/mol. The van der Waals surface area contributed by atoms with Crippen molar-refractivity contribution in [2.75, 3.05) is 5.94 Å². The van der Waals surface area contributed by atoms with Crippen LogP contribution in [0.25, 0.3) is 0 Å². The van der Waals surface area contributed by atoms with Crippen molar-refractivity contribution in [3.05, 3.63) is 16.7 Å². The summed E-state index contributed by atoms with van der Waals surface area (Å²) in [4.78, 5) is 1.27. The van der Waals surface area contributed by atoms with Crippen molar-refractivity contribution >= 4 is 20.1 Å². The van der Waals surface area contributed by atoms with E-state index in [0.29, 0.717) is 0 Å². The van der Waals surface area contributed by atoms with Gasteiger partial charge in [-0.15, -0.1) is 0 Å². The Morgan fingerprint density at radius 3 is 2.20 bits per heavy atom. The van der Waals surface area contributed by atoms with Crippen molar-refractivity contribution in [3.8, 4) is 11.5 Å². The van der Waals surface area contributed by atoms with Gasteiger partial charge in [0.15, 0.2) is 0 Å². The Hall–Kier alpha value is -0.613. The van der Waals surface area contributed by atoms with Crippen LogP contribution in [0.2, 0.25) is 18.1 Å². The normalized spacial score (nSPS) is 15.0. The summed E-state index contributed by atoms with van der Waals surface area (Å²) in [5, 5.41) is 0.211. The van der Waals surface area contributed by atoms with Crippen LogP contribution in [0.5, 0.6) is 11.5 Å². The third kappa shape index (κ3) is 2.48. The van der Waals surface area contributed by atoms with E-state index < -0.39 is 8.32 Å². The Balaban J connectivity index is 2.52. The van der Waals surface area contributed by atoms with Crippen LogP contribution in [0.4, 0.5) is 0 Å². The number of fused-ring (bicyclic) bond motifs is 1. The summed E-state index contributed by atoms with van der Waals surface area (Å²) in [7, 11) is -1.81. The first-order valence-corrected chi connectivity index (χ1v) is 11.0. The van der Waals surface area contributed by atoms with Crippen LogP contribution >= 0.6 is 11.8 Å². The lowest BCUT2D eigenvalue weighted by molar-refractivity contribution is 0.392. The molecule has 0 aliphatic carbocycles. The van der Waals surface area contributed by atoms with Gasteiger partial charge in [0, 0.05) is 5.56 Å². The standard InChI is InChI=1S/C16H26O2SSi/c1-10-11(2)14-15(19-9-17-14)12(3)13(10)18-20(7,8)16(4,5)6/h9H2,1-8H3. The average Bonchev–Trinajstić information content (AvgIpc) is 2.79. The summed E-state index contributed by atoms with van der Waals surface area (Å²) in [6.45, 7) is 17.9. The SMILES string of the molecule is Cc1c(C)c2c(c(C)c1O[Si](C)(C)C(C)(C)C)SCO2. The third-order valence-corrected chi connectivity index (χ3v) is 10.0. The molecule has 0 spiro atoms. The highest BCUT2D eigenvalue weighted by Gasteiger charge is 2.40. The first-order chi connectivity index (χ1) is 9.06. The quantitative estimate of drug-likeness (QED) is 0.678. The van der Waals surface area contributed by atoms with E-state index in [4.69, 9.17) is 9.16 Å². The maximum absolute atomic E-state index is 6.60. The highest BCUT2D eigenvalue weighted by atomic mass is 32.2. The van der Waals surface area contributed by atoms with E-state index >= 15 is 0 Å². The van der Waals surface area contributed by atoms with Crippen molar-refractivity contribution in [3.63, 3.8) is 0 Å². The molecule has 0 aromatic heterocycles. The molecule has 1 aliphatic rings. The maximum atomic E-state index is 6.60. The molecule has 0 radical (unpaired) electrons. The molecule has 0 saturated heterocycles. The number of ether oxygens (including phenoxy) is 1. The van der Waals surface area contributed by atoms with E-state index in [-0.39, 0.29) is 5.04 Å². The lowest BCUT2D eigenvalue weighted by Gasteiger charge is -2.37. The van der Waals surface area contributed by atoms with E-state index in [9.17, 15) is 0 Å². The minimum absolute atomic E-state index is 0.211. The van der Waals surface area contributed by atoms with Crippen molar-refractivity contribution in [1.82, 2.24) is 0 Å². The first kappa shape index (κ1) is 15.8. The molecule has 4 heteroatoms. The number of benzene rings is 1. The molecule has 0 bridgehead atoms. The fourth-order valence-corrected chi connectivity index (χ4v) is 4.19. The fraction of sp³-hybridized carbons (Fsp3) is 0.625. The van der Waals surface area contributed by atoms with Gasteiger partial charge in [0.1, 0.15) is 17.4 Å². The molecule has 1 heterocycles. The second-order valence-electron chi connectivity index (χ2n) is 7.13. The summed E-state index contributed by atoms with van der Waals surface area (Å²) in [5.41, 5.74) is 3.70. The zero-order valence-electron chi connectivity index (χ0n) is 13.9.